The fraction of sp³-hybridized carbons (Fsp3) is 1.00. The van der Waals surface area contributed by atoms with E-state index in [1.54, 1.807) is 0 Å². The normalized spacial score (nSPS) is 27.7. The largest absolute Gasteiger partial charge is 0.315 e. The maximum Gasteiger partial charge on any atom is 0.217 e. The van der Waals surface area contributed by atoms with E-state index in [1.807, 2.05) is 4.31 Å². The third-order valence-corrected chi connectivity index (χ3v) is 6.70. The molecule has 1 atom stereocenters. The Morgan fingerprint density at radius 2 is 1.78 bits per heavy atom. The van der Waals surface area contributed by atoms with Crippen molar-refractivity contribution >= 4 is 10.0 Å². The first-order valence-corrected chi connectivity index (χ1v) is 8.88. The van der Waals surface area contributed by atoms with Crippen LogP contribution < -0.4 is 5.32 Å². The van der Waals surface area contributed by atoms with E-state index in [-0.39, 0.29) is 11.3 Å². The topological polar surface area (TPSA) is 49.4 Å². The van der Waals surface area contributed by atoms with Gasteiger partial charge in [0.05, 0.1) is 5.25 Å². The highest BCUT2D eigenvalue weighted by Gasteiger charge is 2.38. The molecule has 0 aromatic carbocycles. The van der Waals surface area contributed by atoms with Gasteiger partial charge in [0.1, 0.15) is 0 Å². The van der Waals surface area contributed by atoms with Gasteiger partial charge < -0.3 is 5.32 Å². The number of nitrogens with one attached hydrogen (secondary N) is 1. The van der Waals surface area contributed by atoms with Gasteiger partial charge in [0.25, 0.3) is 0 Å². The van der Waals surface area contributed by atoms with Gasteiger partial charge in [-0.05, 0) is 32.2 Å². The fourth-order valence-electron chi connectivity index (χ4n) is 3.20. The van der Waals surface area contributed by atoms with Crippen molar-refractivity contribution in [2.45, 2.75) is 63.2 Å². The Balaban J connectivity index is 2.07. The zero-order chi connectivity index (χ0) is 13.0. The van der Waals surface area contributed by atoms with E-state index in [0.717, 1.165) is 64.6 Å². The van der Waals surface area contributed by atoms with Gasteiger partial charge in [0, 0.05) is 19.1 Å². The zero-order valence-corrected chi connectivity index (χ0v) is 12.2. The van der Waals surface area contributed by atoms with Crippen molar-refractivity contribution in [2.24, 2.45) is 0 Å². The molecule has 0 aromatic heterocycles. The molecular weight excluding hydrogens is 248 g/mol. The first kappa shape index (κ1) is 14.3. The number of likely N-dealkylation sites (N-methyl/N-ethyl adjacent to an activating group) is 1. The van der Waals surface area contributed by atoms with Crippen LogP contribution in [0, 0.1) is 0 Å². The molecule has 1 N–H and O–H groups in total. The molecule has 5 heteroatoms. The third kappa shape index (κ3) is 3.06. The Hall–Kier alpha value is -0.130. The summed E-state index contributed by atoms with van der Waals surface area (Å²) in [5.74, 6) is 0. The summed E-state index contributed by atoms with van der Waals surface area (Å²) >= 11 is 0. The van der Waals surface area contributed by atoms with Gasteiger partial charge in [0.15, 0.2) is 0 Å². The molecule has 1 aliphatic heterocycles. The number of nitrogens with zero attached hydrogens (tertiary/aromatic N) is 1. The quantitative estimate of drug-likeness (QED) is 0.830. The highest BCUT2D eigenvalue weighted by molar-refractivity contribution is 7.89. The van der Waals surface area contributed by atoms with Gasteiger partial charge in [-0.25, -0.2) is 8.42 Å². The summed E-state index contributed by atoms with van der Waals surface area (Å²) in [6, 6.07) is 0.185. The van der Waals surface area contributed by atoms with Crippen LogP contribution in [0.2, 0.25) is 0 Å². The predicted molar refractivity (Wildman–Crippen MR) is 74.1 cm³/mol. The van der Waals surface area contributed by atoms with Gasteiger partial charge >= 0.3 is 0 Å². The summed E-state index contributed by atoms with van der Waals surface area (Å²) in [5, 5.41) is 3.21. The lowest BCUT2D eigenvalue weighted by atomic mass is 10.1. The number of hydrogen-bond acceptors (Lipinski definition) is 3. The standard InChI is InChI=1S/C13H26N2O2S/c1-2-14-11-12-7-5-6-10-15(12)18(16,17)13-8-3-4-9-13/h12-14H,2-11H2,1H3. The lowest BCUT2D eigenvalue weighted by Crippen LogP contribution is -2.51. The second-order valence-corrected chi connectivity index (χ2v) is 7.69. The average Bonchev–Trinajstić information content (AvgIpc) is 2.91. The van der Waals surface area contributed by atoms with E-state index in [9.17, 15) is 8.42 Å². The molecule has 0 radical (unpaired) electrons. The monoisotopic (exact) mass is 274 g/mol. The van der Waals surface area contributed by atoms with Crippen LogP contribution in [0.3, 0.4) is 0 Å². The van der Waals surface area contributed by atoms with Crippen LogP contribution in [0.4, 0.5) is 0 Å². The molecule has 0 aromatic rings. The number of hydrogen-bond donors (Lipinski definition) is 1. The van der Waals surface area contributed by atoms with Crippen molar-refractivity contribution in [2.75, 3.05) is 19.6 Å². The molecule has 2 fully saturated rings. The van der Waals surface area contributed by atoms with Crippen LogP contribution in [0.1, 0.15) is 51.9 Å². The van der Waals surface area contributed by atoms with Gasteiger partial charge in [-0.1, -0.05) is 26.2 Å². The lowest BCUT2D eigenvalue weighted by Gasteiger charge is -2.36. The van der Waals surface area contributed by atoms with Gasteiger partial charge in [-0.2, -0.15) is 4.31 Å². The minimum atomic E-state index is -3.05. The first-order chi connectivity index (χ1) is 8.66. The molecular formula is C13H26N2O2S. The maximum atomic E-state index is 12.7. The van der Waals surface area contributed by atoms with Gasteiger partial charge in [-0.15, -0.1) is 0 Å². The molecule has 106 valence electrons. The van der Waals surface area contributed by atoms with Crippen LogP contribution in [-0.4, -0.2) is 43.6 Å². The number of piperidine rings is 1. The van der Waals surface area contributed by atoms with Crippen LogP contribution in [0.15, 0.2) is 0 Å². The molecule has 1 aliphatic carbocycles. The summed E-state index contributed by atoms with van der Waals surface area (Å²) < 4.78 is 27.1. The number of rotatable bonds is 5. The third-order valence-electron chi connectivity index (χ3n) is 4.25. The maximum absolute atomic E-state index is 12.7. The molecule has 18 heavy (non-hydrogen) atoms. The SMILES string of the molecule is CCNCC1CCCCN1S(=O)(=O)C1CCCC1. The van der Waals surface area contributed by atoms with E-state index in [0.29, 0.717) is 0 Å². The van der Waals surface area contributed by atoms with E-state index in [2.05, 4.69) is 12.2 Å². The summed E-state index contributed by atoms with van der Waals surface area (Å²) in [7, 11) is -3.05. The molecule has 2 aliphatic rings. The molecule has 1 unspecified atom stereocenters. The molecule has 2 rings (SSSR count). The second kappa shape index (κ2) is 6.35. The summed E-state index contributed by atoms with van der Waals surface area (Å²) in [5.41, 5.74) is 0. The van der Waals surface area contributed by atoms with Gasteiger partial charge in [-0.3, -0.25) is 0 Å². The summed E-state index contributed by atoms with van der Waals surface area (Å²) in [6.45, 7) is 4.52. The molecule has 4 nitrogen and oxygen atoms in total. The van der Waals surface area contributed by atoms with E-state index in [1.165, 1.54) is 0 Å². The first-order valence-electron chi connectivity index (χ1n) is 7.37. The molecule has 0 amide bonds. The molecule has 1 saturated carbocycles. The van der Waals surface area contributed by atoms with Crippen molar-refractivity contribution in [3.05, 3.63) is 0 Å². The molecule has 1 heterocycles. The lowest BCUT2D eigenvalue weighted by molar-refractivity contribution is 0.244. The fourth-order valence-corrected chi connectivity index (χ4v) is 5.49. The highest BCUT2D eigenvalue weighted by atomic mass is 32.2. The van der Waals surface area contributed by atoms with E-state index >= 15 is 0 Å². The Labute approximate surface area is 111 Å². The van der Waals surface area contributed by atoms with Crippen molar-refractivity contribution < 1.29 is 8.42 Å². The number of sulfonamides is 1. The highest BCUT2D eigenvalue weighted by Crippen LogP contribution is 2.30. The summed E-state index contributed by atoms with van der Waals surface area (Å²) in [4.78, 5) is 0. The van der Waals surface area contributed by atoms with E-state index < -0.39 is 10.0 Å². The average molecular weight is 274 g/mol. The van der Waals surface area contributed by atoms with Crippen LogP contribution in [-0.2, 0) is 10.0 Å². The minimum Gasteiger partial charge on any atom is -0.315 e. The summed E-state index contributed by atoms with van der Waals surface area (Å²) in [6.07, 6.45) is 7.09. The Morgan fingerprint density at radius 3 is 2.44 bits per heavy atom. The van der Waals surface area contributed by atoms with Crippen molar-refractivity contribution in [1.29, 1.82) is 0 Å². The molecule has 0 bridgehead atoms. The van der Waals surface area contributed by atoms with E-state index in [4.69, 9.17) is 0 Å². The van der Waals surface area contributed by atoms with Crippen LogP contribution in [0.25, 0.3) is 0 Å². The smallest absolute Gasteiger partial charge is 0.217 e. The Bertz CT molecular complexity index is 350. The minimum absolute atomic E-state index is 0.0975. The van der Waals surface area contributed by atoms with Crippen LogP contribution in [0.5, 0.6) is 0 Å². The predicted octanol–water partition coefficient (Wildman–Crippen LogP) is 1.72. The second-order valence-electron chi connectivity index (χ2n) is 5.52. The van der Waals surface area contributed by atoms with Crippen molar-refractivity contribution in [1.82, 2.24) is 9.62 Å². The van der Waals surface area contributed by atoms with Crippen LogP contribution >= 0.6 is 0 Å². The van der Waals surface area contributed by atoms with Crippen molar-refractivity contribution in [3.63, 3.8) is 0 Å². The zero-order valence-electron chi connectivity index (χ0n) is 11.4. The molecule has 0 spiro atoms. The molecule has 1 saturated heterocycles. The van der Waals surface area contributed by atoms with Gasteiger partial charge in [0.2, 0.25) is 10.0 Å². The Kier molecular flexibility index (Phi) is 5.04. The Morgan fingerprint density at radius 1 is 1.11 bits per heavy atom. The van der Waals surface area contributed by atoms with Crippen molar-refractivity contribution in [3.8, 4) is 0 Å².